The lowest BCUT2D eigenvalue weighted by molar-refractivity contribution is -0.140. The van der Waals surface area contributed by atoms with E-state index in [4.69, 9.17) is 9.47 Å². The maximum atomic E-state index is 11.1. The van der Waals surface area contributed by atoms with E-state index in [1.165, 1.54) is 7.11 Å². The highest BCUT2D eigenvalue weighted by molar-refractivity contribution is 5.91. The summed E-state index contributed by atoms with van der Waals surface area (Å²) in [7, 11) is 5.04. The normalized spacial score (nSPS) is 10.7. The van der Waals surface area contributed by atoms with Crippen LogP contribution in [0.5, 0.6) is 11.8 Å². The van der Waals surface area contributed by atoms with Crippen molar-refractivity contribution in [2.24, 2.45) is 0 Å². The molecule has 7 heteroatoms. The van der Waals surface area contributed by atoms with E-state index < -0.39 is 0 Å². The molecule has 0 aliphatic carbocycles. The number of aromatic nitrogens is 2. The van der Waals surface area contributed by atoms with Gasteiger partial charge in [-0.3, -0.25) is 4.79 Å². The van der Waals surface area contributed by atoms with E-state index in [9.17, 15) is 4.79 Å². The highest BCUT2D eigenvalue weighted by atomic mass is 16.5. The van der Waals surface area contributed by atoms with Crippen LogP contribution < -0.4 is 14.4 Å². The van der Waals surface area contributed by atoms with Crippen LogP contribution >= 0.6 is 0 Å². The van der Waals surface area contributed by atoms with Gasteiger partial charge in [0.25, 0.3) is 0 Å². The minimum absolute atomic E-state index is 0.158. The fourth-order valence-corrected chi connectivity index (χ4v) is 3.28. The second-order valence-corrected chi connectivity index (χ2v) is 7.19. The van der Waals surface area contributed by atoms with Crippen molar-refractivity contribution in [3.05, 3.63) is 48.5 Å². The summed E-state index contributed by atoms with van der Waals surface area (Å²) in [5.41, 5.74) is 1.82. The second-order valence-electron chi connectivity index (χ2n) is 7.19. The van der Waals surface area contributed by atoms with Gasteiger partial charge in [0, 0.05) is 24.5 Å². The molecule has 3 rings (SSSR count). The second kappa shape index (κ2) is 11.2. The van der Waals surface area contributed by atoms with Crippen LogP contribution in [0.25, 0.3) is 10.9 Å². The number of hydrogen-bond acceptors (Lipinski definition) is 7. The van der Waals surface area contributed by atoms with Crippen molar-refractivity contribution >= 4 is 28.4 Å². The lowest BCUT2D eigenvalue weighted by Crippen LogP contribution is -2.13. The number of para-hydroxylation sites is 1. The van der Waals surface area contributed by atoms with Crippen LogP contribution in [0.3, 0.4) is 0 Å². The maximum absolute atomic E-state index is 11.1. The fourth-order valence-electron chi connectivity index (χ4n) is 3.28. The molecule has 0 spiro atoms. The number of unbranched alkanes of at least 4 members (excludes halogenated alkanes) is 3. The predicted octanol–water partition coefficient (Wildman–Crippen LogP) is 4.91. The molecule has 0 unspecified atom stereocenters. The molecule has 0 fully saturated rings. The Kier molecular flexibility index (Phi) is 8.04. The minimum atomic E-state index is -0.158. The Morgan fingerprint density at radius 2 is 1.68 bits per heavy atom. The number of carbonyl (C=O) groups excluding carboxylic acids is 1. The SMILES string of the molecule is COC(=O)CCCCCCOc1nc(N(C)c2ccc(OC)cc2)c2ccccc2n1. The molecule has 31 heavy (non-hydrogen) atoms. The molecule has 164 valence electrons. The zero-order chi connectivity index (χ0) is 22.1. The summed E-state index contributed by atoms with van der Waals surface area (Å²) in [4.78, 5) is 22.4. The Hall–Kier alpha value is -3.35. The number of methoxy groups -OCH3 is 2. The van der Waals surface area contributed by atoms with E-state index in [2.05, 4.69) is 14.7 Å². The molecule has 1 heterocycles. The van der Waals surface area contributed by atoms with Crippen molar-refractivity contribution < 1.29 is 19.0 Å². The highest BCUT2D eigenvalue weighted by Crippen LogP contribution is 2.31. The Morgan fingerprint density at radius 3 is 2.42 bits per heavy atom. The third-order valence-corrected chi connectivity index (χ3v) is 5.07. The van der Waals surface area contributed by atoms with Gasteiger partial charge in [0.2, 0.25) is 0 Å². The molecular weight excluding hydrogens is 394 g/mol. The summed E-state index contributed by atoms with van der Waals surface area (Å²) >= 11 is 0. The number of rotatable bonds is 11. The van der Waals surface area contributed by atoms with Crippen LogP contribution in [0.4, 0.5) is 11.5 Å². The summed E-state index contributed by atoms with van der Waals surface area (Å²) in [6.07, 6.45) is 4.11. The molecule has 0 N–H and O–H groups in total. The number of anilines is 2. The lowest BCUT2D eigenvalue weighted by atomic mass is 10.1. The minimum Gasteiger partial charge on any atom is -0.497 e. The molecule has 3 aromatic rings. The third kappa shape index (κ3) is 6.07. The van der Waals surface area contributed by atoms with Gasteiger partial charge in [0.15, 0.2) is 0 Å². The molecule has 7 nitrogen and oxygen atoms in total. The molecule has 0 amide bonds. The summed E-state index contributed by atoms with van der Waals surface area (Å²) in [5.74, 6) is 1.43. The zero-order valence-electron chi connectivity index (χ0n) is 18.3. The monoisotopic (exact) mass is 423 g/mol. The van der Waals surface area contributed by atoms with Gasteiger partial charge in [-0.2, -0.15) is 9.97 Å². The Balaban J connectivity index is 1.67. The number of benzene rings is 2. The molecule has 1 aromatic heterocycles. The first-order valence-corrected chi connectivity index (χ1v) is 10.5. The maximum Gasteiger partial charge on any atom is 0.318 e. The standard InChI is InChI=1S/C24H29N3O4/c1-27(18-13-15-19(29-2)16-14-18)23-20-10-7-8-11-21(20)25-24(26-23)31-17-9-5-4-6-12-22(28)30-3/h7-8,10-11,13-16H,4-6,9,12,17H2,1-3H3. The zero-order valence-corrected chi connectivity index (χ0v) is 18.3. The van der Waals surface area contributed by atoms with E-state index in [1.807, 2.05) is 60.5 Å². The summed E-state index contributed by atoms with van der Waals surface area (Å²) < 4.78 is 15.8. The number of hydrogen-bond donors (Lipinski definition) is 0. The molecule has 0 saturated carbocycles. The number of esters is 1. The lowest BCUT2D eigenvalue weighted by Gasteiger charge is -2.21. The molecular formula is C24H29N3O4. The number of nitrogens with zero attached hydrogens (tertiary/aromatic N) is 3. The predicted molar refractivity (Wildman–Crippen MR) is 121 cm³/mol. The van der Waals surface area contributed by atoms with Crippen molar-refractivity contribution in [2.75, 3.05) is 32.8 Å². The van der Waals surface area contributed by atoms with Gasteiger partial charge >= 0.3 is 12.0 Å². The largest absolute Gasteiger partial charge is 0.497 e. The smallest absolute Gasteiger partial charge is 0.318 e. The van der Waals surface area contributed by atoms with Crippen LogP contribution in [0.1, 0.15) is 32.1 Å². The average Bonchev–Trinajstić information content (AvgIpc) is 2.82. The Labute approximate surface area is 183 Å². The van der Waals surface area contributed by atoms with Gasteiger partial charge in [0.05, 0.1) is 26.3 Å². The molecule has 0 radical (unpaired) electrons. The van der Waals surface area contributed by atoms with Crippen molar-refractivity contribution in [1.29, 1.82) is 0 Å². The van der Waals surface area contributed by atoms with Gasteiger partial charge < -0.3 is 19.1 Å². The number of carbonyl (C=O) groups is 1. The number of fused-ring (bicyclic) bond motifs is 1. The van der Waals surface area contributed by atoms with E-state index in [1.54, 1.807) is 7.11 Å². The van der Waals surface area contributed by atoms with Gasteiger partial charge in [-0.05, 0) is 49.2 Å². The third-order valence-electron chi connectivity index (χ3n) is 5.07. The quantitative estimate of drug-likeness (QED) is 0.320. The number of ether oxygens (including phenoxy) is 3. The molecule has 0 atom stereocenters. The van der Waals surface area contributed by atoms with E-state index >= 15 is 0 Å². The Morgan fingerprint density at radius 1 is 0.935 bits per heavy atom. The van der Waals surface area contributed by atoms with Crippen molar-refractivity contribution in [3.63, 3.8) is 0 Å². The molecule has 0 aliphatic rings. The first kappa shape index (κ1) is 22.3. The first-order valence-electron chi connectivity index (χ1n) is 10.5. The van der Waals surface area contributed by atoms with Crippen molar-refractivity contribution in [1.82, 2.24) is 9.97 Å². The van der Waals surface area contributed by atoms with Crippen LogP contribution in [0, 0.1) is 0 Å². The van der Waals surface area contributed by atoms with Crippen LogP contribution in [0.2, 0.25) is 0 Å². The van der Waals surface area contributed by atoms with Crippen LogP contribution in [-0.4, -0.2) is 43.8 Å². The van der Waals surface area contributed by atoms with Gasteiger partial charge in [-0.15, -0.1) is 0 Å². The highest BCUT2D eigenvalue weighted by Gasteiger charge is 2.14. The van der Waals surface area contributed by atoms with Gasteiger partial charge in [-0.1, -0.05) is 25.0 Å². The van der Waals surface area contributed by atoms with Gasteiger partial charge in [0.1, 0.15) is 11.6 Å². The average molecular weight is 424 g/mol. The molecule has 0 aliphatic heterocycles. The topological polar surface area (TPSA) is 73.8 Å². The summed E-state index contributed by atoms with van der Waals surface area (Å²) in [6.45, 7) is 0.530. The summed E-state index contributed by atoms with van der Waals surface area (Å²) in [5, 5.41) is 0.955. The van der Waals surface area contributed by atoms with Gasteiger partial charge in [-0.25, -0.2) is 0 Å². The first-order chi connectivity index (χ1) is 15.1. The van der Waals surface area contributed by atoms with Crippen LogP contribution in [-0.2, 0) is 9.53 Å². The molecule has 0 saturated heterocycles. The molecule has 0 bridgehead atoms. The van der Waals surface area contributed by atoms with E-state index in [0.29, 0.717) is 19.0 Å². The fraction of sp³-hybridized carbons (Fsp3) is 0.375. The summed E-state index contributed by atoms with van der Waals surface area (Å²) in [6, 6.07) is 16.1. The van der Waals surface area contributed by atoms with E-state index in [0.717, 1.165) is 53.8 Å². The van der Waals surface area contributed by atoms with Crippen LogP contribution in [0.15, 0.2) is 48.5 Å². The van der Waals surface area contributed by atoms with Crippen molar-refractivity contribution in [3.8, 4) is 11.8 Å². The Bertz CT molecular complexity index is 992. The molecule has 2 aromatic carbocycles. The van der Waals surface area contributed by atoms with E-state index in [-0.39, 0.29) is 5.97 Å². The van der Waals surface area contributed by atoms with Crippen molar-refractivity contribution in [2.45, 2.75) is 32.1 Å².